The average molecular weight is 514 g/mol. The summed E-state index contributed by atoms with van der Waals surface area (Å²) in [6.07, 6.45) is 10.7. The Kier molecular flexibility index (Phi) is 6.72. The van der Waals surface area contributed by atoms with Gasteiger partial charge in [0.15, 0.2) is 11.6 Å². The van der Waals surface area contributed by atoms with Gasteiger partial charge in [-0.15, -0.1) is 0 Å². The lowest BCUT2D eigenvalue weighted by molar-refractivity contribution is -0.110. The number of hydrogen-bond acceptors (Lipinski definition) is 5. The molecule has 5 rings (SSSR count). The maximum Gasteiger partial charge on any atom is 0.266 e. The number of fused-ring (bicyclic) bond motifs is 1. The Balaban J connectivity index is 1.22. The zero-order chi connectivity index (χ0) is 26.6. The number of rotatable bonds is 7. The van der Waals surface area contributed by atoms with E-state index in [0.717, 1.165) is 34.0 Å². The maximum absolute atomic E-state index is 13.5. The summed E-state index contributed by atoms with van der Waals surface area (Å²) in [5.74, 6) is -2.85. The number of halogens is 2. The van der Waals surface area contributed by atoms with E-state index < -0.39 is 23.1 Å². The highest BCUT2D eigenvalue weighted by Gasteiger charge is 2.24. The second-order valence-electron chi connectivity index (χ2n) is 8.43. The van der Waals surface area contributed by atoms with Crippen molar-refractivity contribution in [1.82, 2.24) is 24.8 Å². The minimum atomic E-state index is -1.03. The van der Waals surface area contributed by atoms with Crippen LogP contribution in [0.15, 0.2) is 72.3 Å². The summed E-state index contributed by atoms with van der Waals surface area (Å²) in [7, 11) is 0. The molecule has 2 aromatic carbocycles. The van der Waals surface area contributed by atoms with Crippen LogP contribution in [-0.2, 0) is 11.3 Å². The van der Waals surface area contributed by atoms with Gasteiger partial charge in [-0.2, -0.15) is 0 Å². The number of nitrogens with zero attached hydrogens (tertiary/aromatic N) is 3. The fourth-order valence-electron chi connectivity index (χ4n) is 3.96. The zero-order valence-corrected chi connectivity index (χ0v) is 19.7. The van der Waals surface area contributed by atoms with Crippen LogP contribution in [0, 0.1) is 11.6 Å². The van der Waals surface area contributed by atoms with Gasteiger partial charge in [0.2, 0.25) is 0 Å². The molecule has 0 radical (unpaired) electrons. The number of imidazole rings is 1. The van der Waals surface area contributed by atoms with Crippen molar-refractivity contribution >= 4 is 35.2 Å². The van der Waals surface area contributed by atoms with Gasteiger partial charge in [0.05, 0.1) is 36.7 Å². The molecule has 0 aliphatic carbocycles. The molecular formula is C27H20F2N6O3. The minimum Gasteiger partial charge on any atom is -0.348 e. The van der Waals surface area contributed by atoms with Gasteiger partial charge in [0.25, 0.3) is 17.4 Å². The molecule has 1 aliphatic heterocycles. The Morgan fingerprint density at radius 1 is 1.05 bits per heavy atom. The lowest BCUT2D eigenvalue weighted by atomic mass is 10.0. The van der Waals surface area contributed by atoms with Crippen molar-refractivity contribution in [1.29, 1.82) is 0 Å². The molecule has 0 bridgehead atoms. The van der Waals surface area contributed by atoms with E-state index in [1.54, 1.807) is 24.4 Å². The molecule has 9 nitrogen and oxygen atoms in total. The molecule has 190 valence electrons. The molecule has 4 aromatic rings. The smallest absolute Gasteiger partial charge is 0.266 e. The molecule has 11 heteroatoms. The summed E-state index contributed by atoms with van der Waals surface area (Å²) >= 11 is 0. The molecule has 0 fully saturated rings. The van der Waals surface area contributed by atoms with Crippen LogP contribution in [0.25, 0.3) is 17.7 Å². The maximum atomic E-state index is 13.5. The van der Waals surface area contributed by atoms with Crippen LogP contribution in [-0.4, -0.2) is 37.9 Å². The number of benzene rings is 2. The normalized spacial score (nSPS) is 13.6. The number of anilines is 1. The summed E-state index contributed by atoms with van der Waals surface area (Å²) in [5.41, 5.74) is 3.04. The fourth-order valence-corrected chi connectivity index (χ4v) is 3.96. The summed E-state index contributed by atoms with van der Waals surface area (Å²) in [5, 5.41) is 5.47. The second kappa shape index (κ2) is 10.4. The predicted molar refractivity (Wildman–Crippen MR) is 137 cm³/mol. The molecule has 0 atom stereocenters. The summed E-state index contributed by atoms with van der Waals surface area (Å²) < 4.78 is 27.8. The summed E-state index contributed by atoms with van der Waals surface area (Å²) in [6, 6.07) is 8.80. The first-order valence-corrected chi connectivity index (χ1v) is 11.5. The van der Waals surface area contributed by atoms with E-state index in [1.807, 2.05) is 18.2 Å². The molecule has 2 amide bonds. The van der Waals surface area contributed by atoms with Crippen molar-refractivity contribution in [3.63, 3.8) is 0 Å². The third-order valence-corrected chi connectivity index (χ3v) is 5.82. The number of aromatic amines is 1. The molecule has 0 spiro atoms. The largest absolute Gasteiger partial charge is 0.348 e. The van der Waals surface area contributed by atoms with Gasteiger partial charge >= 0.3 is 0 Å². The van der Waals surface area contributed by atoms with Crippen molar-refractivity contribution in [2.45, 2.75) is 6.54 Å². The number of aromatic nitrogens is 4. The van der Waals surface area contributed by atoms with Crippen molar-refractivity contribution in [3.05, 3.63) is 117 Å². The van der Waals surface area contributed by atoms with Gasteiger partial charge in [-0.1, -0.05) is 30.4 Å². The molecule has 0 saturated heterocycles. The predicted octanol–water partition coefficient (Wildman–Crippen LogP) is 3.23. The van der Waals surface area contributed by atoms with Crippen molar-refractivity contribution in [2.75, 3.05) is 11.9 Å². The number of hydrogen-bond donors (Lipinski definition) is 3. The quantitative estimate of drug-likeness (QED) is 0.327. The van der Waals surface area contributed by atoms with Crippen molar-refractivity contribution in [2.24, 2.45) is 0 Å². The highest BCUT2D eigenvalue weighted by Crippen LogP contribution is 2.33. The third-order valence-electron chi connectivity index (χ3n) is 5.82. The Hall–Kier alpha value is -5.19. The van der Waals surface area contributed by atoms with Gasteiger partial charge in [0.1, 0.15) is 5.56 Å². The van der Waals surface area contributed by atoms with E-state index >= 15 is 0 Å². The average Bonchev–Trinajstić information content (AvgIpc) is 3.53. The Bertz CT molecular complexity index is 1660. The van der Waals surface area contributed by atoms with Gasteiger partial charge in [-0.25, -0.2) is 18.7 Å². The van der Waals surface area contributed by atoms with Crippen LogP contribution >= 0.6 is 0 Å². The number of amides is 2. The van der Waals surface area contributed by atoms with Crippen LogP contribution < -0.4 is 16.2 Å². The van der Waals surface area contributed by atoms with E-state index in [-0.39, 0.29) is 24.6 Å². The topological polar surface area (TPSA) is 122 Å². The summed E-state index contributed by atoms with van der Waals surface area (Å²) in [4.78, 5) is 48.5. The molecule has 1 aliphatic rings. The minimum absolute atomic E-state index is 0.0717. The summed E-state index contributed by atoms with van der Waals surface area (Å²) in [6.45, 7) is 0.0580. The van der Waals surface area contributed by atoms with Crippen LogP contribution in [0.2, 0.25) is 0 Å². The zero-order valence-electron chi connectivity index (χ0n) is 19.7. The molecule has 38 heavy (non-hydrogen) atoms. The van der Waals surface area contributed by atoms with Crippen molar-refractivity contribution < 1.29 is 18.4 Å². The molecule has 2 aromatic heterocycles. The first kappa shape index (κ1) is 24.5. The molecule has 0 saturated carbocycles. The molecule has 3 heterocycles. The lowest BCUT2D eigenvalue weighted by Gasteiger charge is -2.08. The molecule has 3 N–H and O–H groups in total. The van der Waals surface area contributed by atoms with Gasteiger partial charge in [-0.3, -0.25) is 19.0 Å². The lowest BCUT2D eigenvalue weighted by Crippen LogP contribution is -2.33. The van der Waals surface area contributed by atoms with E-state index in [4.69, 9.17) is 0 Å². The van der Waals surface area contributed by atoms with Gasteiger partial charge in [0, 0.05) is 24.0 Å². The Morgan fingerprint density at radius 2 is 1.92 bits per heavy atom. The highest BCUT2D eigenvalue weighted by atomic mass is 19.2. The second-order valence-corrected chi connectivity index (χ2v) is 8.43. The molecule has 0 unspecified atom stereocenters. The van der Waals surface area contributed by atoms with Gasteiger partial charge < -0.3 is 15.6 Å². The highest BCUT2D eigenvalue weighted by molar-refractivity contribution is 6.34. The fraction of sp³-hybridized carbons (Fsp3) is 0.0741. The number of nitrogens with one attached hydrogen (secondary N) is 3. The third kappa shape index (κ3) is 5.16. The van der Waals surface area contributed by atoms with E-state index in [2.05, 4.69) is 25.6 Å². The van der Waals surface area contributed by atoms with Crippen LogP contribution in [0.5, 0.6) is 0 Å². The SMILES string of the molecule is O=C1Nc2cc(/C=C/CNC(=O)c3cncn(Cc4ccc(F)c(F)c4)c3=O)ccc2/C1=C/c1cnc[nH]1. The monoisotopic (exact) mass is 514 g/mol. The first-order valence-electron chi connectivity index (χ1n) is 11.5. The van der Waals surface area contributed by atoms with E-state index in [1.165, 1.54) is 18.7 Å². The van der Waals surface area contributed by atoms with Gasteiger partial charge in [-0.05, 0) is 35.4 Å². The number of carbonyl (C=O) groups is 2. The van der Waals surface area contributed by atoms with E-state index in [9.17, 15) is 23.2 Å². The standard InChI is InChI=1S/C27H20F2N6O3/c28-22-6-4-17(8-23(22)29)13-35-15-31-12-21(27(35)38)25(36)32-7-1-2-16-3-5-19-20(10-18-11-30-14-33-18)26(37)34-24(19)9-16/h1-6,8-12,14-15H,7,13H2,(H,30,33)(H,32,36)(H,34,37)/b2-1+,20-10-. The first-order chi connectivity index (χ1) is 18.4. The Labute approximate surface area is 214 Å². The van der Waals surface area contributed by atoms with Crippen LogP contribution in [0.1, 0.15) is 32.7 Å². The Morgan fingerprint density at radius 3 is 2.71 bits per heavy atom. The van der Waals surface area contributed by atoms with Crippen molar-refractivity contribution in [3.8, 4) is 0 Å². The van der Waals surface area contributed by atoms with E-state index in [0.29, 0.717) is 22.5 Å². The number of H-pyrrole nitrogens is 1. The molecular weight excluding hydrogens is 494 g/mol. The van der Waals surface area contributed by atoms with Crippen LogP contribution in [0.3, 0.4) is 0 Å². The van der Waals surface area contributed by atoms with Crippen LogP contribution in [0.4, 0.5) is 14.5 Å². The number of carbonyl (C=O) groups excluding carboxylic acids is 2.